The van der Waals surface area contributed by atoms with E-state index < -0.39 is 16.1 Å². The molecule has 0 radical (unpaired) electrons. The van der Waals surface area contributed by atoms with E-state index >= 15 is 0 Å². The van der Waals surface area contributed by atoms with Gasteiger partial charge in [-0.25, -0.2) is 8.42 Å². The van der Waals surface area contributed by atoms with Gasteiger partial charge in [0, 0.05) is 31.7 Å². The number of carbonyl (C=O) groups excluding carboxylic acids is 1. The maximum atomic E-state index is 13.5. The second-order valence-corrected chi connectivity index (χ2v) is 8.73. The molecule has 3 rings (SSSR count). The number of aromatic nitrogens is 1. The van der Waals surface area contributed by atoms with Gasteiger partial charge in [-0.3, -0.25) is 9.78 Å². The van der Waals surface area contributed by atoms with Crippen LogP contribution in [-0.4, -0.2) is 54.7 Å². The third-order valence-electron chi connectivity index (χ3n) is 4.90. The minimum absolute atomic E-state index is 0.127. The van der Waals surface area contributed by atoms with Crippen LogP contribution < -0.4 is 0 Å². The van der Waals surface area contributed by atoms with Crippen LogP contribution in [0.15, 0.2) is 35.4 Å². The molecule has 2 aromatic rings. The van der Waals surface area contributed by atoms with Crippen LogP contribution in [0, 0.1) is 6.92 Å². The maximum Gasteiger partial charge on any atom is 0.246 e. The molecule has 6 nitrogen and oxygen atoms in total. The molecule has 1 unspecified atom stereocenters. The van der Waals surface area contributed by atoms with E-state index in [9.17, 15) is 13.2 Å². The van der Waals surface area contributed by atoms with Crippen molar-refractivity contribution in [2.24, 2.45) is 0 Å². The Labute approximate surface area is 154 Å². The van der Waals surface area contributed by atoms with Gasteiger partial charge in [0.25, 0.3) is 0 Å². The number of pyridine rings is 1. The number of carbonyl (C=O) groups is 1. The quantitative estimate of drug-likeness (QED) is 0.805. The van der Waals surface area contributed by atoms with E-state index in [4.69, 9.17) is 0 Å². The monoisotopic (exact) mass is 375 g/mol. The number of unbranched alkanes of at least 4 members (excludes halogenated alkanes) is 1. The number of amides is 1. The fourth-order valence-corrected chi connectivity index (χ4v) is 5.32. The summed E-state index contributed by atoms with van der Waals surface area (Å²) in [6.45, 7) is 4.61. The summed E-state index contributed by atoms with van der Waals surface area (Å²) in [5, 5.41) is 0.789. The summed E-state index contributed by atoms with van der Waals surface area (Å²) in [5.41, 5.74) is 1.31. The molecule has 1 amide bonds. The highest BCUT2D eigenvalue weighted by molar-refractivity contribution is 7.89. The number of benzene rings is 1. The average Bonchev–Trinajstić information content (AvgIpc) is 2.61. The van der Waals surface area contributed by atoms with Crippen molar-refractivity contribution < 1.29 is 13.2 Å². The number of likely N-dealkylation sites (N-methyl/N-ethyl adjacent to an activating group) is 1. The van der Waals surface area contributed by atoms with Crippen LogP contribution in [0.25, 0.3) is 10.9 Å². The second kappa shape index (κ2) is 7.32. The molecular weight excluding hydrogens is 350 g/mol. The zero-order valence-corrected chi connectivity index (χ0v) is 16.3. The minimum Gasteiger partial charge on any atom is -0.343 e. The van der Waals surface area contributed by atoms with Gasteiger partial charge in [0.15, 0.2) is 0 Å². The molecule has 0 aliphatic carbocycles. The van der Waals surface area contributed by atoms with Gasteiger partial charge in [0.1, 0.15) is 10.9 Å². The van der Waals surface area contributed by atoms with E-state index in [1.807, 2.05) is 26.0 Å². The van der Waals surface area contributed by atoms with Crippen LogP contribution in [0.5, 0.6) is 0 Å². The molecular formula is C19H25N3O3S. The van der Waals surface area contributed by atoms with Crippen LogP contribution in [0.2, 0.25) is 0 Å². The molecule has 26 heavy (non-hydrogen) atoms. The highest BCUT2D eigenvalue weighted by Crippen LogP contribution is 2.29. The van der Waals surface area contributed by atoms with E-state index in [0.717, 1.165) is 23.8 Å². The standard InChI is InChI=1S/C19H25N3O3S/c1-4-5-8-16-19(23)21(3)10-11-22(16)26(24,25)17-13-14(2)12-15-7-6-9-20-18(15)17/h6-7,9,12-13,16H,4-5,8,10-11H2,1-3H3. The molecule has 1 aromatic carbocycles. The lowest BCUT2D eigenvalue weighted by Crippen LogP contribution is -2.57. The van der Waals surface area contributed by atoms with Crippen LogP contribution in [-0.2, 0) is 14.8 Å². The van der Waals surface area contributed by atoms with E-state index in [1.165, 1.54) is 4.31 Å². The molecule has 1 aliphatic rings. The number of piperazine rings is 1. The van der Waals surface area contributed by atoms with Gasteiger partial charge >= 0.3 is 0 Å². The van der Waals surface area contributed by atoms with Crippen molar-refractivity contribution in [3.63, 3.8) is 0 Å². The lowest BCUT2D eigenvalue weighted by Gasteiger charge is -2.38. The molecule has 0 spiro atoms. The van der Waals surface area contributed by atoms with Crippen LogP contribution >= 0.6 is 0 Å². The van der Waals surface area contributed by atoms with Crippen molar-refractivity contribution in [1.82, 2.24) is 14.2 Å². The zero-order valence-electron chi connectivity index (χ0n) is 15.5. The van der Waals surface area contributed by atoms with Crippen molar-refractivity contribution in [2.75, 3.05) is 20.1 Å². The Balaban J connectivity index is 2.10. The largest absolute Gasteiger partial charge is 0.343 e. The van der Waals surface area contributed by atoms with Crippen molar-refractivity contribution in [1.29, 1.82) is 0 Å². The van der Waals surface area contributed by atoms with Crippen LogP contribution in [0.1, 0.15) is 31.7 Å². The van der Waals surface area contributed by atoms with Gasteiger partial charge in [-0.05, 0) is 37.1 Å². The molecule has 2 heterocycles. The predicted molar refractivity (Wildman–Crippen MR) is 101 cm³/mol. The summed E-state index contributed by atoms with van der Waals surface area (Å²) < 4.78 is 28.4. The lowest BCUT2D eigenvalue weighted by molar-refractivity contribution is -0.137. The Kier molecular flexibility index (Phi) is 5.29. The molecule has 7 heteroatoms. The molecule has 0 saturated carbocycles. The SMILES string of the molecule is CCCCC1C(=O)N(C)CCN1S(=O)(=O)c1cc(C)cc2cccnc12. The van der Waals surface area contributed by atoms with Crippen molar-refractivity contribution >= 4 is 26.8 Å². The van der Waals surface area contributed by atoms with E-state index in [1.54, 1.807) is 30.3 Å². The van der Waals surface area contributed by atoms with Crippen molar-refractivity contribution in [2.45, 2.75) is 44.0 Å². The third kappa shape index (κ3) is 3.33. The van der Waals surface area contributed by atoms with Gasteiger partial charge in [-0.2, -0.15) is 4.31 Å². The summed E-state index contributed by atoms with van der Waals surface area (Å²) in [6, 6.07) is 6.59. The number of sulfonamides is 1. The first-order chi connectivity index (χ1) is 12.4. The third-order valence-corrected chi connectivity index (χ3v) is 6.82. The number of fused-ring (bicyclic) bond motifs is 1. The predicted octanol–water partition coefficient (Wildman–Crippen LogP) is 2.56. The second-order valence-electron chi connectivity index (χ2n) is 6.87. The first kappa shape index (κ1) is 18.8. The van der Waals surface area contributed by atoms with Gasteiger partial charge in [-0.1, -0.05) is 25.8 Å². The Morgan fingerprint density at radius 3 is 2.77 bits per heavy atom. The van der Waals surface area contributed by atoms with Gasteiger partial charge in [0.05, 0.1) is 5.52 Å². The maximum absolute atomic E-state index is 13.5. The topological polar surface area (TPSA) is 70.6 Å². The molecule has 1 atom stereocenters. The molecule has 140 valence electrons. The van der Waals surface area contributed by atoms with E-state index in [2.05, 4.69) is 4.98 Å². The van der Waals surface area contributed by atoms with Gasteiger partial charge < -0.3 is 4.90 Å². The van der Waals surface area contributed by atoms with Crippen LogP contribution in [0.3, 0.4) is 0 Å². The first-order valence-corrected chi connectivity index (χ1v) is 10.4. The summed E-state index contributed by atoms with van der Waals surface area (Å²) in [5.74, 6) is -0.127. The lowest BCUT2D eigenvalue weighted by atomic mass is 10.1. The summed E-state index contributed by atoms with van der Waals surface area (Å²) >= 11 is 0. The highest BCUT2D eigenvalue weighted by Gasteiger charge is 2.40. The Bertz CT molecular complexity index is 927. The number of hydrogen-bond donors (Lipinski definition) is 0. The molecule has 1 aliphatic heterocycles. The Morgan fingerprint density at radius 1 is 1.27 bits per heavy atom. The fourth-order valence-electron chi connectivity index (χ4n) is 3.47. The Hall–Kier alpha value is -1.99. The van der Waals surface area contributed by atoms with Gasteiger partial charge in [-0.15, -0.1) is 0 Å². The molecule has 1 saturated heterocycles. The average molecular weight is 375 g/mol. The number of aryl methyl sites for hydroxylation is 1. The molecule has 1 fully saturated rings. The minimum atomic E-state index is -3.82. The van der Waals surface area contributed by atoms with Gasteiger partial charge in [0.2, 0.25) is 15.9 Å². The normalized spacial score (nSPS) is 19.3. The molecule has 0 N–H and O–H groups in total. The smallest absolute Gasteiger partial charge is 0.246 e. The van der Waals surface area contributed by atoms with Crippen LogP contribution in [0.4, 0.5) is 0 Å². The highest BCUT2D eigenvalue weighted by atomic mass is 32.2. The van der Waals surface area contributed by atoms with Crippen molar-refractivity contribution in [3.8, 4) is 0 Å². The Morgan fingerprint density at radius 2 is 2.04 bits per heavy atom. The first-order valence-electron chi connectivity index (χ1n) is 8.98. The fraction of sp³-hybridized carbons (Fsp3) is 0.474. The van der Waals surface area contributed by atoms with Crippen molar-refractivity contribution in [3.05, 3.63) is 36.0 Å². The summed E-state index contributed by atoms with van der Waals surface area (Å²) in [7, 11) is -2.09. The number of rotatable bonds is 5. The summed E-state index contributed by atoms with van der Waals surface area (Å²) in [4.78, 5) is 18.8. The summed E-state index contributed by atoms with van der Waals surface area (Å²) in [6.07, 6.45) is 3.86. The number of nitrogens with zero attached hydrogens (tertiary/aromatic N) is 3. The number of hydrogen-bond acceptors (Lipinski definition) is 4. The van der Waals surface area contributed by atoms with E-state index in [0.29, 0.717) is 25.0 Å². The zero-order chi connectivity index (χ0) is 18.9. The van der Waals surface area contributed by atoms with E-state index in [-0.39, 0.29) is 10.8 Å². The molecule has 1 aromatic heterocycles. The molecule has 0 bridgehead atoms.